The molecule has 35 heavy (non-hydrogen) atoms. The molecule has 7 heteroatoms. The second kappa shape index (κ2) is 9.99. The van der Waals surface area contributed by atoms with E-state index in [-0.39, 0.29) is 18.6 Å². The summed E-state index contributed by atoms with van der Waals surface area (Å²) in [6.07, 6.45) is 2.14. The van der Waals surface area contributed by atoms with Gasteiger partial charge >= 0.3 is 12.1 Å². The van der Waals surface area contributed by atoms with Crippen molar-refractivity contribution in [2.75, 3.05) is 13.2 Å². The van der Waals surface area contributed by atoms with Gasteiger partial charge in [-0.25, -0.2) is 9.59 Å². The quantitative estimate of drug-likeness (QED) is 0.450. The molecule has 3 atom stereocenters. The van der Waals surface area contributed by atoms with Crippen molar-refractivity contribution in [1.29, 1.82) is 0 Å². The van der Waals surface area contributed by atoms with Gasteiger partial charge in [0.1, 0.15) is 18.8 Å². The second-order valence-corrected chi connectivity index (χ2v) is 10.1. The van der Waals surface area contributed by atoms with Crippen LogP contribution in [-0.4, -0.2) is 53.7 Å². The maximum Gasteiger partial charge on any atom is 0.407 e. The maximum absolute atomic E-state index is 13.1. The Bertz CT molecular complexity index is 1020. The lowest BCUT2D eigenvalue weighted by Crippen LogP contribution is -2.51. The first-order chi connectivity index (χ1) is 17.0. The van der Waals surface area contributed by atoms with Gasteiger partial charge in [-0.05, 0) is 59.8 Å². The zero-order chi connectivity index (χ0) is 24.5. The third-order valence-corrected chi connectivity index (χ3v) is 7.62. The Morgan fingerprint density at radius 3 is 2.03 bits per heavy atom. The van der Waals surface area contributed by atoms with Crippen molar-refractivity contribution in [3.63, 3.8) is 0 Å². The van der Waals surface area contributed by atoms with Crippen molar-refractivity contribution in [2.24, 2.45) is 17.8 Å². The molecular formula is C28H33NO6. The number of benzene rings is 2. The lowest BCUT2D eigenvalue weighted by atomic mass is 9.96. The molecule has 1 amide bonds. The van der Waals surface area contributed by atoms with Crippen LogP contribution in [0, 0.1) is 17.8 Å². The predicted octanol–water partition coefficient (Wildman–Crippen LogP) is 3.61. The summed E-state index contributed by atoms with van der Waals surface area (Å²) in [5.41, 5.74) is 4.45. The molecule has 2 fully saturated rings. The Kier molecular flexibility index (Phi) is 6.80. The Labute approximate surface area is 205 Å². The number of rotatable bonds is 10. The Morgan fingerprint density at radius 1 is 0.971 bits per heavy atom. The summed E-state index contributed by atoms with van der Waals surface area (Å²) in [5.74, 6) is -0.651. The van der Waals surface area contributed by atoms with Crippen LogP contribution in [-0.2, 0) is 14.3 Å². The van der Waals surface area contributed by atoms with Gasteiger partial charge in [-0.2, -0.15) is 0 Å². The Balaban J connectivity index is 1.26. The van der Waals surface area contributed by atoms with E-state index in [2.05, 4.69) is 17.4 Å². The first-order valence-electron chi connectivity index (χ1n) is 12.6. The zero-order valence-electron chi connectivity index (χ0n) is 19.9. The molecule has 0 spiro atoms. The standard InChI is InChI=1S/C28H33NO6/c1-16(24(31)14-30)25(27(32)35-26(17-10-11-17)18-12-13-18)29-28(33)34-15-23-21-8-4-2-6-19(21)20-7-3-5-9-22(20)23/h2-9,16-18,23-26,30-31H,10-15H2,1H3,(H,29,33)/t16-,24?,25-/m0/s1. The summed E-state index contributed by atoms with van der Waals surface area (Å²) in [5, 5.41) is 22.3. The number of nitrogens with one attached hydrogen (secondary N) is 1. The first kappa shape index (κ1) is 23.8. The molecule has 1 unspecified atom stereocenters. The van der Waals surface area contributed by atoms with Crippen LogP contribution in [0.5, 0.6) is 0 Å². The largest absolute Gasteiger partial charge is 0.460 e. The van der Waals surface area contributed by atoms with Gasteiger partial charge in [-0.15, -0.1) is 0 Å². The molecule has 3 N–H and O–H groups in total. The number of hydrogen-bond donors (Lipinski definition) is 3. The fourth-order valence-corrected chi connectivity index (χ4v) is 5.19. The van der Waals surface area contributed by atoms with Crippen molar-refractivity contribution in [2.45, 2.75) is 56.8 Å². The smallest absolute Gasteiger partial charge is 0.407 e. The van der Waals surface area contributed by atoms with Crippen LogP contribution in [0.2, 0.25) is 0 Å². The highest BCUT2D eigenvalue weighted by Crippen LogP contribution is 2.47. The van der Waals surface area contributed by atoms with E-state index >= 15 is 0 Å². The summed E-state index contributed by atoms with van der Waals surface area (Å²) in [7, 11) is 0. The lowest BCUT2D eigenvalue weighted by Gasteiger charge is -2.28. The van der Waals surface area contributed by atoms with E-state index in [4.69, 9.17) is 9.47 Å². The van der Waals surface area contributed by atoms with Crippen molar-refractivity contribution in [3.05, 3.63) is 59.7 Å². The molecular weight excluding hydrogens is 446 g/mol. The number of hydrogen-bond acceptors (Lipinski definition) is 6. The minimum Gasteiger partial charge on any atom is -0.460 e. The molecule has 2 aromatic rings. The van der Waals surface area contributed by atoms with E-state index < -0.39 is 36.7 Å². The molecule has 0 aliphatic heterocycles. The van der Waals surface area contributed by atoms with Gasteiger partial charge in [0, 0.05) is 11.8 Å². The number of aliphatic hydroxyl groups excluding tert-OH is 2. The molecule has 2 saturated carbocycles. The average Bonchev–Trinajstić information content (AvgIpc) is 3.81. The van der Waals surface area contributed by atoms with E-state index in [1.807, 2.05) is 36.4 Å². The number of alkyl carbamates (subject to hydrolysis) is 1. The molecule has 7 nitrogen and oxygen atoms in total. The second-order valence-electron chi connectivity index (χ2n) is 10.1. The average molecular weight is 480 g/mol. The van der Waals surface area contributed by atoms with Gasteiger partial charge in [-0.3, -0.25) is 0 Å². The van der Waals surface area contributed by atoms with Crippen LogP contribution in [0.1, 0.15) is 49.7 Å². The van der Waals surface area contributed by atoms with Gasteiger partial charge in [0.25, 0.3) is 0 Å². The minimum atomic E-state index is -1.18. The number of esters is 1. The number of carbonyl (C=O) groups excluding carboxylic acids is 2. The van der Waals surface area contributed by atoms with Crippen molar-refractivity contribution < 1.29 is 29.3 Å². The Hall–Kier alpha value is -2.90. The fraction of sp³-hybridized carbons (Fsp3) is 0.500. The van der Waals surface area contributed by atoms with Crippen LogP contribution in [0.3, 0.4) is 0 Å². The van der Waals surface area contributed by atoms with Crippen LogP contribution in [0.25, 0.3) is 11.1 Å². The highest BCUT2D eigenvalue weighted by atomic mass is 16.6. The maximum atomic E-state index is 13.1. The van der Waals surface area contributed by atoms with Crippen LogP contribution in [0.4, 0.5) is 4.79 Å². The summed E-state index contributed by atoms with van der Waals surface area (Å²) in [6.45, 7) is 1.21. The number of fused-ring (bicyclic) bond motifs is 3. The predicted molar refractivity (Wildman–Crippen MR) is 130 cm³/mol. The van der Waals surface area contributed by atoms with E-state index in [0.717, 1.165) is 47.9 Å². The summed E-state index contributed by atoms with van der Waals surface area (Å²) in [4.78, 5) is 26.0. The van der Waals surface area contributed by atoms with E-state index in [1.54, 1.807) is 6.92 Å². The summed E-state index contributed by atoms with van der Waals surface area (Å²) < 4.78 is 11.5. The highest BCUT2D eigenvalue weighted by molar-refractivity contribution is 5.82. The SMILES string of the molecule is C[C@@H](C(O)CO)[C@H](NC(=O)OCC1c2ccccc2-c2ccccc21)C(=O)OC(C1CC1)C1CC1. The molecule has 0 aromatic heterocycles. The minimum absolute atomic E-state index is 0.104. The third kappa shape index (κ3) is 5.07. The molecule has 3 aliphatic rings. The van der Waals surface area contributed by atoms with Gasteiger partial charge in [0.05, 0.1) is 12.7 Å². The molecule has 186 valence electrons. The number of aliphatic hydroxyl groups is 2. The highest BCUT2D eigenvalue weighted by Gasteiger charge is 2.46. The fourth-order valence-electron chi connectivity index (χ4n) is 5.19. The molecule has 5 rings (SSSR count). The number of ether oxygens (including phenoxy) is 2. The van der Waals surface area contributed by atoms with Crippen LogP contribution >= 0.6 is 0 Å². The normalized spacial score (nSPS) is 19.4. The van der Waals surface area contributed by atoms with Crippen LogP contribution in [0.15, 0.2) is 48.5 Å². The molecule has 0 radical (unpaired) electrons. The molecule has 3 aliphatic carbocycles. The van der Waals surface area contributed by atoms with E-state index in [9.17, 15) is 19.8 Å². The van der Waals surface area contributed by atoms with Gasteiger partial charge < -0.3 is 25.0 Å². The van der Waals surface area contributed by atoms with Crippen molar-refractivity contribution >= 4 is 12.1 Å². The van der Waals surface area contributed by atoms with Crippen LogP contribution < -0.4 is 5.32 Å². The molecule has 0 saturated heterocycles. The monoisotopic (exact) mass is 479 g/mol. The summed E-state index contributed by atoms with van der Waals surface area (Å²) in [6, 6.07) is 15.0. The van der Waals surface area contributed by atoms with Gasteiger partial charge in [0.15, 0.2) is 0 Å². The number of carbonyl (C=O) groups is 2. The molecule has 0 bridgehead atoms. The third-order valence-electron chi connectivity index (χ3n) is 7.62. The summed E-state index contributed by atoms with van der Waals surface area (Å²) >= 11 is 0. The Morgan fingerprint density at radius 2 is 1.51 bits per heavy atom. The van der Waals surface area contributed by atoms with E-state index in [1.165, 1.54) is 0 Å². The topological polar surface area (TPSA) is 105 Å². The first-order valence-corrected chi connectivity index (χ1v) is 12.6. The molecule has 2 aromatic carbocycles. The lowest BCUT2D eigenvalue weighted by molar-refractivity contribution is -0.156. The molecule has 0 heterocycles. The van der Waals surface area contributed by atoms with Crippen molar-refractivity contribution in [1.82, 2.24) is 5.32 Å². The van der Waals surface area contributed by atoms with E-state index in [0.29, 0.717) is 11.8 Å². The van der Waals surface area contributed by atoms with Gasteiger partial charge in [0.2, 0.25) is 0 Å². The van der Waals surface area contributed by atoms with Crippen molar-refractivity contribution in [3.8, 4) is 11.1 Å². The zero-order valence-corrected chi connectivity index (χ0v) is 19.9. The van der Waals surface area contributed by atoms with Gasteiger partial charge in [-0.1, -0.05) is 55.5 Å². The number of amides is 1.